The van der Waals surface area contributed by atoms with Crippen LogP contribution >= 0.6 is 0 Å². The molecule has 15 heavy (non-hydrogen) atoms. The smallest absolute Gasteiger partial charge is 0.161 e. The van der Waals surface area contributed by atoms with Crippen LogP contribution in [0.25, 0.3) is 0 Å². The summed E-state index contributed by atoms with van der Waals surface area (Å²) in [4.78, 5) is 0. The van der Waals surface area contributed by atoms with Gasteiger partial charge in [0.05, 0.1) is 0 Å². The molecule has 82 valence electrons. The number of aliphatic hydroxyl groups excluding tert-OH is 1. The van der Waals surface area contributed by atoms with Gasteiger partial charge in [-0.1, -0.05) is 12.8 Å². The molecule has 0 aromatic carbocycles. The molecule has 4 nitrogen and oxygen atoms in total. The Balaban J connectivity index is 1.95. The monoisotopic (exact) mass is 207 g/mol. The zero-order chi connectivity index (χ0) is 10.3. The maximum atomic E-state index is 9.79. The summed E-state index contributed by atoms with van der Waals surface area (Å²) in [5.74, 6) is 2.51. The fourth-order valence-corrected chi connectivity index (χ4v) is 2.86. The molecule has 1 aliphatic carbocycles. The van der Waals surface area contributed by atoms with Crippen LogP contribution in [0.4, 0.5) is 0 Å². The summed E-state index contributed by atoms with van der Waals surface area (Å²) in [7, 11) is 0. The molecule has 2 aliphatic rings. The summed E-state index contributed by atoms with van der Waals surface area (Å²) in [6.45, 7) is 0.991. The minimum absolute atomic E-state index is 0.388. The molecule has 1 atom stereocenters. The lowest BCUT2D eigenvalue weighted by molar-refractivity contribution is 0.132. The molecule has 0 saturated heterocycles. The van der Waals surface area contributed by atoms with Crippen LogP contribution in [0.2, 0.25) is 0 Å². The van der Waals surface area contributed by atoms with Crippen molar-refractivity contribution in [2.75, 3.05) is 0 Å². The van der Waals surface area contributed by atoms with Crippen LogP contribution in [0.3, 0.4) is 0 Å². The van der Waals surface area contributed by atoms with Crippen LogP contribution < -0.4 is 0 Å². The zero-order valence-corrected chi connectivity index (χ0v) is 8.89. The van der Waals surface area contributed by atoms with Gasteiger partial charge in [-0.3, -0.25) is 0 Å². The highest BCUT2D eigenvalue weighted by Crippen LogP contribution is 2.35. The Morgan fingerprint density at radius 1 is 1.00 bits per heavy atom. The molecule has 0 spiro atoms. The first-order valence-corrected chi connectivity index (χ1v) is 5.97. The Bertz CT molecular complexity index is 355. The molecule has 0 radical (unpaired) electrons. The van der Waals surface area contributed by atoms with Gasteiger partial charge in [0.2, 0.25) is 0 Å². The average molecular weight is 207 g/mol. The highest BCUT2D eigenvalue weighted by molar-refractivity contribution is 5.07. The maximum absolute atomic E-state index is 9.79. The summed E-state index contributed by atoms with van der Waals surface area (Å²) in [5.41, 5.74) is 0. The van der Waals surface area contributed by atoms with Gasteiger partial charge in [-0.2, -0.15) is 0 Å². The number of nitrogens with zero attached hydrogens (tertiary/aromatic N) is 3. The van der Waals surface area contributed by atoms with E-state index in [1.165, 1.54) is 25.7 Å². The molecule has 0 bridgehead atoms. The number of fused-ring (bicyclic) bond motifs is 1. The third-order valence-corrected chi connectivity index (χ3v) is 3.69. The van der Waals surface area contributed by atoms with Crippen molar-refractivity contribution in [3.63, 3.8) is 0 Å². The van der Waals surface area contributed by atoms with Gasteiger partial charge in [-0.05, 0) is 25.7 Å². The molecule has 1 N–H and O–H groups in total. The first-order chi connectivity index (χ1) is 7.36. The third kappa shape index (κ3) is 1.47. The summed E-state index contributed by atoms with van der Waals surface area (Å²) in [5, 5.41) is 18.2. The molecule has 1 fully saturated rings. The van der Waals surface area contributed by atoms with Gasteiger partial charge in [-0.25, -0.2) is 0 Å². The van der Waals surface area contributed by atoms with Crippen molar-refractivity contribution < 1.29 is 5.11 Å². The second-order valence-corrected chi connectivity index (χ2v) is 4.71. The van der Waals surface area contributed by atoms with Crippen molar-refractivity contribution >= 4 is 0 Å². The van der Waals surface area contributed by atoms with Gasteiger partial charge in [0, 0.05) is 12.5 Å². The van der Waals surface area contributed by atoms with Crippen LogP contribution in [-0.4, -0.2) is 19.9 Å². The van der Waals surface area contributed by atoms with E-state index in [2.05, 4.69) is 14.8 Å². The Hall–Kier alpha value is -0.900. The number of rotatable bonds is 1. The Kier molecular flexibility index (Phi) is 2.24. The van der Waals surface area contributed by atoms with E-state index < -0.39 is 0 Å². The van der Waals surface area contributed by atoms with Crippen molar-refractivity contribution in [1.82, 2.24) is 14.8 Å². The second kappa shape index (κ2) is 3.59. The van der Waals surface area contributed by atoms with Gasteiger partial charge in [0.15, 0.2) is 5.82 Å². The maximum Gasteiger partial charge on any atom is 0.161 e. The zero-order valence-electron chi connectivity index (χ0n) is 8.89. The summed E-state index contributed by atoms with van der Waals surface area (Å²) in [6, 6.07) is 0. The number of hydrogen-bond acceptors (Lipinski definition) is 3. The highest BCUT2D eigenvalue weighted by Gasteiger charge is 2.28. The van der Waals surface area contributed by atoms with Crippen molar-refractivity contribution in [3.8, 4) is 0 Å². The van der Waals surface area contributed by atoms with Crippen molar-refractivity contribution in [1.29, 1.82) is 0 Å². The van der Waals surface area contributed by atoms with Crippen molar-refractivity contribution in [2.24, 2.45) is 0 Å². The predicted molar refractivity (Wildman–Crippen MR) is 55.4 cm³/mol. The van der Waals surface area contributed by atoms with Crippen LogP contribution in [0, 0.1) is 0 Å². The lowest BCUT2D eigenvalue weighted by Crippen LogP contribution is -2.18. The Morgan fingerprint density at radius 3 is 2.53 bits per heavy atom. The number of aliphatic hydroxyl groups is 1. The fourth-order valence-electron chi connectivity index (χ4n) is 2.86. The van der Waals surface area contributed by atoms with Crippen LogP contribution in [0.1, 0.15) is 62.2 Å². The third-order valence-electron chi connectivity index (χ3n) is 3.69. The Morgan fingerprint density at radius 2 is 1.73 bits per heavy atom. The van der Waals surface area contributed by atoms with Gasteiger partial charge in [-0.15, -0.1) is 10.2 Å². The largest absolute Gasteiger partial charge is 0.385 e. The minimum atomic E-state index is -0.388. The molecule has 1 unspecified atom stereocenters. The van der Waals surface area contributed by atoms with Gasteiger partial charge >= 0.3 is 0 Å². The molecular formula is C11H17N3O. The molecular weight excluding hydrogens is 190 g/mol. The molecule has 4 heteroatoms. The first kappa shape index (κ1) is 9.33. The quantitative estimate of drug-likeness (QED) is 0.763. The van der Waals surface area contributed by atoms with E-state index in [1.54, 1.807) is 0 Å². The predicted octanol–water partition coefficient (Wildman–Crippen LogP) is 1.76. The molecule has 2 heterocycles. The molecule has 1 aromatic heterocycles. The molecule has 1 aromatic rings. The molecule has 1 saturated carbocycles. The first-order valence-electron chi connectivity index (χ1n) is 5.97. The van der Waals surface area contributed by atoms with Crippen LogP contribution in [0.5, 0.6) is 0 Å². The minimum Gasteiger partial charge on any atom is -0.385 e. The molecule has 1 aliphatic heterocycles. The average Bonchev–Trinajstić information content (AvgIpc) is 2.85. The second-order valence-electron chi connectivity index (χ2n) is 4.71. The number of hydrogen-bond donors (Lipinski definition) is 1. The lowest BCUT2D eigenvalue weighted by atomic mass is 10.1. The topological polar surface area (TPSA) is 50.9 Å². The molecule has 3 rings (SSSR count). The highest BCUT2D eigenvalue weighted by atomic mass is 16.3. The van der Waals surface area contributed by atoms with E-state index in [-0.39, 0.29) is 6.10 Å². The van der Waals surface area contributed by atoms with E-state index in [1.807, 2.05) is 0 Å². The van der Waals surface area contributed by atoms with Crippen LogP contribution in [-0.2, 0) is 6.54 Å². The summed E-state index contributed by atoms with van der Waals surface area (Å²) in [6.07, 6.45) is 6.61. The van der Waals surface area contributed by atoms with E-state index in [9.17, 15) is 5.11 Å². The Labute approximate surface area is 89.3 Å². The van der Waals surface area contributed by atoms with Gasteiger partial charge in [0.25, 0.3) is 0 Å². The van der Waals surface area contributed by atoms with E-state index >= 15 is 0 Å². The van der Waals surface area contributed by atoms with Crippen molar-refractivity contribution in [3.05, 3.63) is 11.6 Å². The van der Waals surface area contributed by atoms with Gasteiger partial charge in [0.1, 0.15) is 11.9 Å². The van der Waals surface area contributed by atoms with Gasteiger partial charge < -0.3 is 9.67 Å². The lowest BCUT2D eigenvalue weighted by Gasteiger charge is -2.20. The van der Waals surface area contributed by atoms with Crippen molar-refractivity contribution in [2.45, 2.75) is 57.1 Å². The standard InChI is InChI=1S/C11H17N3O/c15-9-6-3-7-14-10(12-13-11(9)14)8-4-1-2-5-8/h8-9,15H,1-7H2. The fraction of sp³-hybridized carbons (Fsp3) is 0.818. The van der Waals surface area contributed by atoms with Crippen LogP contribution in [0.15, 0.2) is 0 Å². The van der Waals surface area contributed by atoms with E-state index in [0.717, 1.165) is 31.0 Å². The summed E-state index contributed by atoms with van der Waals surface area (Å²) < 4.78 is 2.16. The SMILES string of the molecule is OC1CCCn2c1nnc2C1CCCC1. The van der Waals surface area contributed by atoms with E-state index in [4.69, 9.17) is 0 Å². The molecule has 0 amide bonds. The normalized spacial score (nSPS) is 26.9. The number of aromatic nitrogens is 3. The van der Waals surface area contributed by atoms with E-state index in [0.29, 0.717) is 5.92 Å². The summed E-state index contributed by atoms with van der Waals surface area (Å²) >= 11 is 0.